The zero-order valence-electron chi connectivity index (χ0n) is 11.2. The molecule has 0 amide bonds. The Labute approximate surface area is 113 Å². The van der Waals surface area contributed by atoms with E-state index in [1.54, 1.807) is 19.9 Å². The minimum absolute atomic E-state index is 0.0818. The van der Waals surface area contributed by atoms with Gasteiger partial charge in [-0.25, -0.2) is 4.79 Å². The van der Waals surface area contributed by atoms with E-state index >= 15 is 0 Å². The van der Waals surface area contributed by atoms with Crippen LogP contribution in [0.15, 0.2) is 35.9 Å². The summed E-state index contributed by atoms with van der Waals surface area (Å²) < 4.78 is 9.79. The van der Waals surface area contributed by atoms with Gasteiger partial charge in [0.25, 0.3) is 0 Å². The largest absolute Gasteiger partial charge is 0.466 e. The molecule has 0 aliphatic rings. The van der Waals surface area contributed by atoms with E-state index in [0.29, 0.717) is 12.2 Å². The predicted octanol–water partition coefficient (Wildman–Crippen LogP) is 2.59. The van der Waals surface area contributed by atoms with E-state index in [1.165, 1.54) is 0 Å². The maximum Gasteiger partial charge on any atom is 0.334 e. The van der Waals surface area contributed by atoms with Gasteiger partial charge in [-0.3, -0.25) is 4.79 Å². The molecule has 0 atom stereocenters. The molecule has 0 N–H and O–H groups in total. The van der Waals surface area contributed by atoms with Gasteiger partial charge >= 0.3 is 11.9 Å². The third kappa shape index (κ3) is 5.38. The van der Waals surface area contributed by atoms with Crippen LogP contribution in [0.25, 0.3) is 6.08 Å². The smallest absolute Gasteiger partial charge is 0.334 e. The Bertz CT molecular complexity index is 448. The highest BCUT2D eigenvalue weighted by Gasteiger charge is 2.15. The fourth-order valence-corrected chi connectivity index (χ4v) is 1.52. The van der Waals surface area contributed by atoms with E-state index in [4.69, 9.17) is 9.47 Å². The predicted molar refractivity (Wildman–Crippen MR) is 72.3 cm³/mol. The van der Waals surface area contributed by atoms with Gasteiger partial charge in [0.1, 0.15) is 0 Å². The molecule has 0 bridgehead atoms. The van der Waals surface area contributed by atoms with Crippen molar-refractivity contribution in [3.63, 3.8) is 0 Å². The minimum atomic E-state index is -0.487. The third-order valence-electron chi connectivity index (χ3n) is 2.32. The summed E-state index contributed by atoms with van der Waals surface area (Å²) >= 11 is 0. The molecule has 0 radical (unpaired) electrons. The first-order valence-corrected chi connectivity index (χ1v) is 6.25. The Morgan fingerprint density at radius 2 is 1.68 bits per heavy atom. The maximum absolute atomic E-state index is 11.8. The molecule has 0 unspecified atom stereocenters. The number of hydrogen-bond donors (Lipinski definition) is 0. The monoisotopic (exact) mass is 262 g/mol. The lowest BCUT2D eigenvalue weighted by Crippen LogP contribution is -2.13. The molecule has 1 aromatic carbocycles. The molecule has 0 aliphatic heterocycles. The van der Waals surface area contributed by atoms with Gasteiger partial charge < -0.3 is 9.47 Å². The van der Waals surface area contributed by atoms with Crippen molar-refractivity contribution >= 4 is 18.0 Å². The summed E-state index contributed by atoms with van der Waals surface area (Å²) in [5.41, 5.74) is 1.14. The molecule has 0 aliphatic carbocycles. The first kappa shape index (κ1) is 15.0. The van der Waals surface area contributed by atoms with Crippen LogP contribution in [0.2, 0.25) is 0 Å². The van der Waals surface area contributed by atoms with Crippen LogP contribution in [0.1, 0.15) is 25.8 Å². The average molecular weight is 262 g/mol. The molecule has 0 heterocycles. The fraction of sp³-hybridized carbons (Fsp3) is 0.333. The number of esters is 2. The van der Waals surface area contributed by atoms with Gasteiger partial charge in [-0.2, -0.15) is 0 Å². The molecule has 19 heavy (non-hydrogen) atoms. The van der Waals surface area contributed by atoms with Crippen molar-refractivity contribution < 1.29 is 19.1 Å². The van der Waals surface area contributed by atoms with Gasteiger partial charge in [0.2, 0.25) is 0 Å². The summed E-state index contributed by atoms with van der Waals surface area (Å²) in [7, 11) is 0. The van der Waals surface area contributed by atoms with Crippen molar-refractivity contribution in [3.05, 3.63) is 41.5 Å². The molecular weight excluding hydrogens is 244 g/mol. The van der Waals surface area contributed by atoms with Crippen LogP contribution in [-0.4, -0.2) is 25.2 Å². The van der Waals surface area contributed by atoms with E-state index in [-0.39, 0.29) is 13.0 Å². The highest BCUT2D eigenvalue weighted by atomic mass is 16.5. The van der Waals surface area contributed by atoms with Crippen LogP contribution < -0.4 is 0 Å². The summed E-state index contributed by atoms with van der Waals surface area (Å²) in [5.74, 6) is -0.919. The second-order valence-electron chi connectivity index (χ2n) is 3.78. The Kier molecular flexibility index (Phi) is 6.36. The summed E-state index contributed by atoms with van der Waals surface area (Å²) in [6.45, 7) is 4.01. The minimum Gasteiger partial charge on any atom is -0.466 e. The second kappa shape index (κ2) is 8.08. The molecule has 0 fully saturated rings. The summed E-state index contributed by atoms with van der Waals surface area (Å²) in [5, 5.41) is 0. The molecule has 4 heteroatoms. The molecule has 102 valence electrons. The van der Waals surface area contributed by atoms with Crippen LogP contribution in [0, 0.1) is 0 Å². The van der Waals surface area contributed by atoms with Crippen LogP contribution in [-0.2, 0) is 19.1 Å². The first-order chi connectivity index (χ1) is 9.17. The quantitative estimate of drug-likeness (QED) is 0.584. The van der Waals surface area contributed by atoms with Gasteiger partial charge in [0.15, 0.2) is 0 Å². The molecule has 0 aromatic heterocycles. The number of rotatable bonds is 6. The van der Waals surface area contributed by atoms with Crippen LogP contribution in [0.3, 0.4) is 0 Å². The zero-order chi connectivity index (χ0) is 14.1. The fourth-order valence-electron chi connectivity index (χ4n) is 1.52. The van der Waals surface area contributed by atoms with Crippen LogP contribution in [0.5, 0.6) is 0 Å². The number of ether oxygens (including phenoxy) is 2. The van der Waals surface area contributed by atoms with Crippen molar-refractivity contribution in [1.82, 2.24) is 0 Å². The van der Waals surface area contributed by atoms with E-state index < -0.39 is 11.9 Å². The Morgan fingerprint density at radius 3 is 2.26 bits per heavy atom. The van der Waals surface area contributed by atoms with Gasteiger partial charge in [-0.05, 0) is 25.5 Å². The van der Waals surface area contributed by atoms with Crippen molar-refractivity contribution in [2.75, 3.05) is 13.2 Å². The Morgan fingerprint density at radius 1 is 1.05 bits per heavy atom. The van der Waals surface area contributed by atoms with Crippen molar-refractivity contribution in [2.45, 2.75) is 20.3 Å². The molecule has 0 spiro atoms. The summed E-state index contributed by atoms with van der Waals surface area (Å²) in [4.78, 5) is 23.3. The lowest BCUT2D eigenvalue weighted by Gasteiger charge is -2.07. The van der Waals surface area contributed by atoms with Gasteiger partial charge in [-0.1, -0.05) is 30.3 Å². The molecule has 0 saturated heterocycles. The van der Waals surface area contributed by atoms with Gasteiger partial charge in [0.05, 0.1) is 19.6 Å². The highest BCUT2D eigenvalue weighted by molar-refractivity contribution is 5.98. The lowest BCUT2D eigenvalue weighted by atomic mass is 10.1. The summed E-state index contributed by atoms with van der Waals surface area (Å²) in [6, 6.07) is 9.30. The van der Waals surface area contributed by atoms with Crippen molar-refractivity contribution in [2.24, 2.45) is 0 Å². The van der Waals surface area contributed by atoms with E-state index in [2.05, 4.69) is 0 Å². The van der Waals surface area contributed by atoms with E-state index in [1.807, 2.05) is 30.3 Å². The van der Waals surface area contributed by atoms with E-state index in [0.717, 1.165) is 5.56 Å². The molecule has 4 nitrogen and oxygen atoms in total. The third-order valence-corrected chi connectivity index (χ3v) is 2.32. The standard InChI is InChI=1S/C15H18O4/c1-3-18-14(16)11-13(15(17)19-4-2)10-12-8-6-5-7-9-12/h5-10H,3-4,11H2,1-2H3/b13-10+. The zero-order valence-corrected chi connectivity index (χ0v) is 11.2. The lowest BCUT2D eigenvalue weighted by molar-refractivity contribution is -0.145. The van der Waals surface area contributed by atoms with Gasteiger partial charge in [-0.15, -0.1) is 0 Å². The SMILES string of the molecule is CCOC(=O)C/C(=C\c1ccccc1)C(=O)OCC. The topological polar surface area (TPSA) is 52.6 Å². The summed E-state index contributed by atoms with van der Waals surface area (Å²) in [6.07, 6.45) is 1.57. The normalized spacial score (nSPS) is 10.9. The van der Waals surface area contributed by atoms with E-state index in [9.17, 15) is 9.59 Å². The van der Waals surface area contributed by atoms with Gasteiger partial charge in [0, 0.05) is 5.57 Å². The van der Waals surface area contributed by atoms with Crippen LogP contribution >= 0.6 is 0 Å². The van der Waals surface area contributed by atoms with Crippen LogP contribution in [0.4, 0.5) is 0 Å². The number of hydrogen-bond acceptors (Lipinski definition) is 4. The number of carbonyl (C=O) groups is 2. The van der Waals surface area contributed by atoms with Crippen molar-refractivity contribution in [1.29, 1.82) is 0 Å². The Balaban J connectivity index is 2.89. The number of carbonyl (C=O) groups excluding carboxylic acids is 2. The Hall–Kier alpha value is -2.10. The first-order valence-electron chi connectivity index (χ1n) is 6.25. The average Bonchev–Trinajstić information content (AvgIpc) is 2.40. The van der Waals surface area contributed by atoms with Crippen molar-refractivity contribution in [3.8, 4) is 0 Å². The molecule has 1 aromatic rings. The highest BCUT2D eigenvalue weighted by Crippen LogP contribution is 2.12. The molecule has 0 saturated carbocycles. The molecule has 1 rings (SSSR count). The maximum atomic E-state index is 11.8. The number of benzene rings is 1. The molecular formula is C15H18O4. The second-order valence-corrected chi connectivity index (χ2v) is 3.78.